The Labute approximate surface area is 131 Å². The topological polar surface area (TPSA) is 73.9 Å². The molecular weight excluding hydrogens is 292 g/mol. The Balaban J connectivity index is 1.84. The predicted octanol–water partition coefficient (Wildman–Crippen LogP) is 3.36. The summed E-state index contributed by atoms with van der Waals surface area (Å²) in [5.74, 6) is 1.56. The zero-order valence-corrected chi connectivity index (χ0v) is 12.3. The zero-order valence-electron chi connectivity index (χ0n) is 12.3. The van der Waals surface area contributed by atoms with E-state index in [0.717, 1.165) is 22.2 Å². The standard InChI is InChI=1S/C17H12N4O2/c1-22-14-8-3-2-5-11(14)16-20-17(23-21-16)12-6-4-7-13-15(12)19-10-9-18-13/h2-10H,1H3. The highest BCUT2D eigenvalue weighted by molar-refractivity contribution is 5.88. The molecule has 4 aromatic rings. The average Bonchev–Trinajstić information content (AvgIpc) is 3.11. The maximum atomic E-state index is 5.43. The average molecular weight is 304 g/mol. The molecule has 0 radical (unpaired) electrons. The SMILES string of the molecule is COc1ccccc1-c1noc(-c2cccc3nccnc23)n1. The molecule has 0 bridgehead atoms. The molecule has 23 heavy (non-hydrogen) atoms. The van der Waals surface area contributed by atoms with E-state index < -0.39 is 0 Å². The summed E-state index contributed by atoms with van der Waals surface area (Å²) in [5, 5.41) is 4.06. The van der Waals surface area contributed by atoms with Crippen LogP contribution in [-0.2, 0) is 0 Å². The molecule has 0 unspecified atom stereocenters. The highest BCUT2D eigenvalue weighted by Gasteiger charge is 2.16. The third kappa shape index (κ3) is 2.30. The normalized spacial score (nSPS) is 10.8. The van der Waals surface area contributed by atoms with Crippen molar-refractivity contribution in [1.82, 2.24) is 20.1 Å². The highest BCUT2D eigenvalue weighted by atomic mass is 16.5. The lowest BCUT2D eigenvalue weighted by atomic mass is 10.1. The molecule has 2 aromatic heterocycles. The van der Waals surface area contributed by atoms with Gasteiger partial charge in [0.25, 0.3) is 5.89 Å². The van der Waals surface area contributed by atoms with Gasteiger partial charge in [-0.15, -0.1) is 0 Å². The fourth-order valence-electron chi connectivity index (χ4n) is 2.44. The van der Waals surface area contributed by atoms with Gasteiger partial charge in [0.2, 0.25) is 5.82 Å². The van der Waals surface area contributed by atoms with Crippen LogP contribution in [0.4, 0.5) is 0 Å². The molecule has 4 rings (SSSR count). The summed E-state index contributed by atoms with van der Waals surface area (Å²) in [7, 11) is 1.61. The predicted molar refractivity (Wildman–Crippen MR) is 84.8 cm³/mol. The van der Waals surface area contributed by atoms with Gasteiger partial charge >= 0.3 is 0 Å². The Hall–Kier alpha value is -3.28. The summed E-state index contributed by atoms with van der Waals surface area (Å²) in [4.78, 5) is 13.1. The molecule has 0 fully saturated rings. The second kappa shape index (κ2) is 5.49. The summed E-state index contributed by atoms with van der Waals surface area (Å²) < 4.78 is 10.8. The van der Waals surface area contributed by atoms with Crippen LogP contribution in [0.5, 0.6) is 5.75 Å². The number of fused-ring (bicyclic) bond motifs is 1. The lowest BCUT2D eigenvalue weighted by Gasteiger charge is -2.03. The summed E-state index contributed by atoms with van der Waals surface area (Å²) >= 11 is 0. The molecule has 0 saturated carbocycles. The summed E-state index contributed by atoms with van der Waals surface area (Å²) in [6.45, 7) is 0. The van der Waals surface area contributed by atoms with Crippen LogP contribution in [0.25, 0.3) is 33.9 Å². The van der Waals surface area contributed by atoms with Crippen molar-refractivity contribution in [2.45, 2.75) is 0 Å². The summed E-state index contributed by atoms with van der Waals surface area (Å²) in [6, 6.07) is 13.2. The Kier molecular flexibility index (Phi) is 3.20. The van der Waals surface area contributed by atoms with Gasteiger partial charge in [0.05, 0.1) is 23.8 Å². The van der Waals surface area contributed by atoms with E-state index in [1.165, 1.54) is 0 Å². The van der Waals surface area contributed by atoms with Crippen LogP contribution in [0.3, 0.4) is 0 Å². The number of benzene rings is 2. The van der Waals surface area contributed by atoms with E-state index >= 15 is 0 Å². The molecule has 0 aliphatic heterocycles. The van der Waals surface area contributed by atoms with E-state index in [1.807, 2.05) is 42.5 Å². The van der Waals surface area contributed by atoms with Crippen molar-refractivity contribution in [2.24, 2.45) is 0 Å². The third-order valence-corrected chi connectivity index (χ3v) is 3.50. The number of ether oxygens (including phenoxy) is 1. The fourth-order valence-corrected chi connectivity index (χ4v) is 2.44. The van der Waals surface area contributed by atoms with Crippen LogP contribution < -0.4 is 4.74 Å². The van der Waals surface area contributed by atoms with Gasteiger partial charge < -0.3 is 9.26 Å². The van der Waals surface area contributed by atoms with Crippen LogP contribution in [0.15, 0.2) is 59.4 Å². The molecule has 0 atom stereocenters. The first-order chi connectivity index (χ1) is 11.4. The minimum absolute atomic E-state index is 0.400. The van der Waals surface area contributed by atoms with E-state index in [0.29, 0.717) is 17.5 Å². The van der Waals surface area contributed by atoms with E-state index in [9.17, 15) is 0 Å². The number of hydrogen-bond donors (Lipinski definition) is 0. The molecule has 0 N–H and O–H groups in total. The first kappa shape index (κ1) is 13.4. The van der Waals surface area contributed by atoms with Crippen molar-refractivity contribution in [2.75, 3.05) is 7.11 Å². The van der Waals surface area contributed by atoms with Crippen molar-refractivity contribution in [1.29, 1.82) is 0 Å². The number of rotatable bonds is 3. The van der Waals surface area contributed by atoms with Crippen molar-refractivity contribution in [3.63, 3.8) is 0 Å². The molecular formula is C17H12N4O2. The van der Waals surface area contributed by atoms with Crippen LogP contribution in [0, 0.1) is 0 Å². The van der Waals surface area contributed by atoms with Gasteiger partial charge in [-0.25, -0.2) is 0 Å². The molecule has 2 heterocycles. The van der Waals surface area contributed by atoms with E-state index in [-0.39, 0.29) is 0 Å². The largest absolute Gasteiger partial charge is 0.496 e. The summed E-state index contributed by atoms with van der Waals surface area (Å²) in [5.41, 5.74) is 3.04. The van der Waals surface area contributed by atoms with Crippen LogP contribution in [-0.4, -0.2) is 27.2 Å². The lowest BCUT2D eigenvalue weighted by molar-refractivity contribution is 0.413. The molecule has 0 aliphatic carbocycles. The lowest BCUT2D eigenvalue weighted by Crippen LogP contribution is -1.89. The van der Waals surface area contributed by atoms with Gasteiger partial charge in [-0.05, 0) is 24.3 Å². The van der Waals surface area contributed by atoms with Crippen LogP contribution in [0.2, 0.25) is 0 Å². The molecule has 2 aromatic carbocycles. The van der Waals surface area contributed by atoms with Crippen LogP contribution >= 0.6 is 0 Å². The molecule has 0 aliphatic rings. The van der Waals surface area contributed by atoms with E-state index in [4.69, 9.17) is 9.26 Å². The first-order valence-corrected chi connectivity index (χ1v) is 7.04. The van der Waals surface area contributed by atoms with Gasteiger partial charge in [0.1, 0.15) is 11.3 Å². The molecule has 0 spiro atoms. The van der Waals surface area contributed by atoms with E-state index in [1.54, 1.807) is 19.5 Å². The quantitative estimate of drug-likeness (QED) is 0.578. The minimum atomic E-state index is 0.400. The summed E-state index contributed by atoms with van der Waals surface area (Å²) in [6.07, 6.45) is 3.30. The maximum Gasteiger partial charge on any atom is 0.260 e. The van der Waals surface area contributed by atoms with Gasteiger partial charge in [-0.3, -0.25) is 9.97 Å². The molecule has 112 valence electrons. The van der Waals surface area contributed by atoms with Gasteiger partial charge in [-0.1, -0.05) is 23.4 Å². The second-order valence-corrected chi connectivity index (χ2v) is 4.85. The van der Waals surface area contributed by atoms with Gasteiger partial charge in [-0.2, -0.15) is 4.98 Å². The Bertz CT molecular complexity index is 976. The number of methoxy groups -OCH3 is 1. The number of aromatic nitrogens is 4. The van der Waals surface area contributed by atoms with E-state index in [2.05, 4.69) is 20.1 Å². The van der Waals surface area contributed by atoms with Crippen molar-refractivity contribution >= 4 is 11.0 Å². The first-order valence-electron chi connectivity index (χ1n) is 7.04. The monoisotopic (exact) mass is 304 g/mol. The van der Waals surface area contributed by atoms with Crippen molar-refractivity contribution in [3.05, 3.63) is 54.9 Å². The van der Waals surface area contributed by atoms with Crippen molar-refractivity contribution in [3.8, 4) is 28.6 Å². The number of nitrogens with zero attached hydrogens (tertiary/aromatic N) is 4. The highest BCUT2D eigenvalue weighted by Crippen LogP contribution is 2.30. The van der Waals surface area contributed by atoms with Crippen molar-refractivity contribution < 1.29 is 9.26 Å². The second-order valence-electron chi connectivity index (χ2n) is 4.85. The molecule has 6 nitrogen and oxygen atoms in total. The Morgan fingerprint density at radius 2 is 1.74 bits per heavy atom. The Morgan fingerprint density at radius 1 is 0.913 bits per heavy atom. The van der Waals surface area contributed by atoms with Gasteiger partial charge in [0, 0.05) is 12.4 Å². The number of hydrogen-bond acceptors (Lipinski definition) is 6. The molecule has 0 amide bonds. The fraction of sp³-hybridized carbons (Fsp3) is 0.0588. The van der Waals surface area contributed by atoms with Gasteiger partial charge in [0.15, 0.2) is 0 Å². The molecule has 0 saturated heterocycles. The Morgan fingerprint density at radius 3 is 2.65 bits per heavy atom. The van der Waals surface area contributed by atoms with Crippen LogP contribution in [0.1, 0.15) is 0 Å². The smallest absolute Gasteiger partial charge is 0.260 e. The minimum Gasteiger partial charge on any atom is -0.496 e. The maximum absolute atomic E-state index is 5.43. The number of para-hydroxylation sites is 2. The zero-order chi connectivity index (χ0) is 15.6. The third-order valence-electron chi connectivity index (χ3n) is 3.50. The molecule has 6 heteroatoms.